The molecule has 1 saturated heterocycles. The van der Waals surface area contributed by atoms with Crippen LogP contribution in [0.5, 0.6) is 5.75 Å². The first-order valence-electron chi connectivity index (χ1n) is 6.97. The Morgan fingerprint density at radius 1 is 1.41 bits per heavy atom. The third kappa shape index (κ3) is 4.08. The van der Waals surface area contributed by atoms with Gasteiger partial charge in [0.1, 0.15) is 5.75 Å². The van der Waals surface area contributed by atoms with Crippen LogP contribution in [0.4, 0.5) is 8.78 Å². The van der Waals surface area contributed by atoms with Gasteiger partial charge >= 0.3 is 6.61 Å². The summed E-state index contributed by atoms with van der Waals surface area (Å²) in [5.41, 5.74) is 7.20. The SMILES string of the molecule is Cc1cc(C(=O)N2CCC(CN)C2)cc(C)c1OC(F)F.Cl. The van der Waals surface area contributed by atoms with Crippen molar-refractivity contribution in [2.24, 2.45) is 11.7 Å². The molecule has 2 N–H and O–H groups in total. The van der Waals surface area contributed by atoms with E-state index in [-0.39, 0.29) is 24.1 Å². The lowest BCUT2D eigenvalue weighted by Crippen LogP contribution is -2.30. The minimum absolute atomic E-state index is 0. The van der Waals surface area contributed by atoms with E-state index in [2.05, 4.69) is 4.74 Å². The number of nitrogens with zero attached hydrogens (tertiary/aromatic N) is 1. The molecule has 0 aromatic heterocycles. The number of hydrogen-bond acceptors (Lipinski definition) is 3. The number of ether oxygens (including phenoxy) is 1. The van der Waals surface area contributed by atoms with E-state index in [4.69, 9.17) is 5.73 Å². The van der Waals surface area contributed by atoms with Crippen LogP contribution in [0.15, 0.2) is 12.1 Å². The van der Waals surface area contributed by atoms with Crippen LogP contribution in [0.3, 0.4) is 0 Å². The van der Waals surface area contributed by atoms with E-state index in [1.807, 2.05) is 0 Å². The molecule has 2 rings (SSSR count). The van der Waals surface area contributed by atoms with Crippen molar-refractivity contribution in [2.45, 2.75) is 26.9 Å². The summed E-state index contributed by atoms with van der Waals surface area (Å²) in [4.78, 5) is 14.2. The number of amides is 1. The number of carbonyl (C=O) groups is 1. The van der Waals surface area contributed by atoms with Gasteiger partial charge in [-0.3, -0.25) is 4.79 Å². The van der Waals surface area contributed by atoms with Crippen molar-refractivity contribution >= 4 is 18.3 Å². The van der Waals surface area contributed by atoms with Crippen LogP contribution in [0.25, 0.3) is 0 Å². The maximum atomic E-state index is 12.4. The maximum absolute atomic E-state index is 12.4. The van der Waals surface area contributed by atoms with Crippen molar-refractivity contribution in [1.82, 2.24) is 4.90 Å². The number of alkyl halides is 2. The molecule has 0 radical (unpaired) electrons. The van der Waals surface area contributed by atoms with Crippen LogP contribution < -0.4 is 10.5 Å². The van der Waals surface area contributed by atoms with Gasteiger partial charge in [-0.15, -0.1) is 12.4 Å². The van der Waals surface area contributed by atoms with Crippen molar-refractivity contribution < 1.29 is 18.3 Å². The molecule has 1 fully saturated rings. The Labute approximate surface area is 135 Å². The molecule has 1 heterocycles. The van der Waals surface area contributed by atoms with E-state index in [9.17, 15) is 13.6 Å². The molecule has 1 aromatic rings. The summed E-state index contributed by atoms with van der Waals surface area (Å²) in [6.45, 7) is 2.37. The van der Waals surface area contributed by atoms with E-state index in [0.29, 0.717) is 42.2 Å². The highest BCUT2D eigenvalue weighted by Crippen LogP contribution is 2.28. The van der Waals surface area contributed by atoms with E-state index < -0.39 is 6.61 Å². The average molecular weight is 335 g/mol. The average Bonchev–Trinajstić information content (AvgIpc) is 2.90. The monoisotopic (exact) mass is 334 g/mol. The number of halogens is 3. The first-order chi connectivity index (χ1) is 9.92. The minimum atomic E-state index is -2.87. The highest BCUT2D eigenvalue weighted by atomic mass is 35.5. The zero-order valence-electron chi connectivity index (χ0n) is 12.6. The number of likely N-dealkylation sites (tertiary alicyclic amines) is 1. The lowest BCUT2D eigenvalue weighted by atomic mass is 10.0. The van der Waals surface area contributed by atoms with Crippen LogP contribution in [0, 0.1) is 19.8 Å². The molecule has 1 aliphatic heterocycles. The van der Waals surface area contributed by atoms with Crippen LogP contribution in [-0.2, 0) is 0 Å². The normalized spacial score (nSPS) is 17.5. The van der Waals surface area contributed by atoms with Gasteiger partial charge < -0.3 is 15.4 Å². The zero-order chi connectivity index (χ0) is 15.6. The van der Waals surface area contributed by atoms with E-state index >= 15 is 0 Å². The third-order valence-corrected chi connectivity index (χ3v) is 3.82. The number of hydrogen-bond donors (Lipinski definition) is 1. The van der Waals surface area contributed by atoms with Gasteiger partial charge in [0, 0.05) is 18.7 Å². The summed E-state index contributed by atoms with van der Waals surface area (Å²) in [6, 6.07) is 3.20. The first kappa shape index (κ1) is 18.6. The topological polar surface area (TPSA) is 55.6 Å². The van der Waals surface area contributed by atoms with Gasteiger partial charge in [-0.05, 0) is 56.0 Å². The first-order valence-corrected chi connectivity index (χ1v) is 6.97. The number of rotatable bonds is 4. The van der Waals surface area contributed by atoms with Gasteiger partial charge in [0.05, 0.1) is 0 Å². The summed E-state index contributed by atoms with van der Waals surface area (Å²) in [5.74, 6) is 0.404. The van der Waals surface area contributed by atoms with Crippen molar-refractivity contribution in [3.63, 3.8) is 0 Å². The summed E-state index contributed by atoms with van der Waals surface area (Å²) < 4.78 is 29.2. The molecule has 1 unspecified atom stereocenters. The Kier molecular flexibility index (Phi) is 6.56. The zero-order valence-corrected chi connectivity index (χ0v) is 13.5. The molecule has 1 aliphatic rings. The Morgan fingerprint density at radius 3 is 2.45 bits per heavy atom. The highest BCUT2D eigenvalue weighted by Gasteiger charge is 2.26. The molecule has 22 heavy (non-hydrogen) atoms. The quantitative estimate of drug-likeness (QED) is 0.921. The molecule has 1 aromatic carbocycles. The van der Waals surface area contributed by atoms with E-state index in [0.717, 1.165) is 6.42 Å². The van der Waals surface area contributed by atoms with Crippen LogP contribution >= 0.6 is 12.4 Å². The summed E-state index contributed by atoms with van der Waals surface area (Å²) >= 11 is 0. The molecule has 0 bridgehead atoms. The second-order valence-electron chi connectivity index (χ2n) is 5.46. The molecule has 0 spiro atoms. The summed E-state index contributed by atoms with van der Waals surface area (Å²) in [5, 5.41) is 0. The van der Waals surface area contributed by atoms with Gasteiger partial charge in [-0.1, -0.05) is 0 Å². The summed E-state index contributed by atoms with van der Waals surface area (Å²) in [7, 11) is 0. The van der Waals surface area contributed by atoms with Crippen molar-refractivity contribution in [1.29, 1.82) is 0 Å². The molecule has 1 amide bonds. The second kappa shape index (κ2) is 7.74. The predicted molar refractivity (Wildman–Crippen MR) is 82.9 cm³/mol. The van der Waals surface area contributed by atoms with Crippen LogP contribution in [0.1, 0.15) is 27.9 Å². The Morgan fingerprint density at radius 2 is 2.00 bits per heavy atom. The highest BCUT2D eigenvalue weighted by molar-refractivity contribution is 5.95. The lowest BCUT2D eigenvalue weighted by molar-refractivity contribution is -0.0507. The van der Waals surface area contributed by atoms with Crippen molar-refractivity contribution in [3.8, 4) is 5.75 Å². The third-order valence-electron chi connectivity index (χ3n) is 3.82. The van der Waals surface area contributed by atoms with Gasteiger partial charge in [-0.2, -0.15) is 8.78 Å². The van der Waals surface area contributed by atoms with Gasteiger partial charge in [-0.25, -0.2) is 0 Å². The molecular formula is C15H21ClF2N2O2. The molecular weight excluding hydrogens is 314 g/mol. The molecule has 0 saturated carbocycles. The molecule has 124 valence electrons. The second-order valence-corrected chi connectivity index (χ2v) is 5.46. The van der Waals surface area contributed by atoms with Gasteiger partial charge in [0.2, 0.25) is 0 Å². The van der Waals surface area contributed by atoms with Crippen molar-refractivity contribution in [2.75, 3.05) is 19.6 Å². The van der Waals surface area contributed by atoms with E-state index in [1.54, 1.807) is 30.9 Å². The van der Waals surface area contributed by atoms with Crippen LogP contribution in [0.2, 0.25) is 0 Å². The Balaban J connectivity index is 0.00000242. The van der Waals surface area contributed by atoms with Gasteiger partial charge in [0.15, 0.2) is 0 Å². The summed E-state index contributed by atoms with van der Waals surface area (Å²) in [6.07, 6.45) is 0.910. The fraction of sp³-hybridized carbons (Fsp3) is 0.533. The van der Waals surface area contributed by atoms with Crippen molar-refractivity contribution in [3.05, 3.63) is 28.8 Å². The molecule has 0 aliphatic carbocycles. The predicted octanol–water partition coefficient (Wildman–Crippen LogP) is 2.75. The molecule has 1 atom stereocenters. The van der Waals surface area contributed by atoms with E-state index in [1.165, 1.54) is 0 Å². The van der Waals surface area contributed by atoms with Crippen LogP contribution in [-0.4, -0.2) is 37.1 Å². The number of carbonyl (C=O) groups excluding carboxylic acids is 1. The lowest BCUT2D eigenvalue weighted by Gasteiger charge is -2.18. The molecule has 7 heteroatoms. The van der Waals surface area contributed by atoms with Gasteiger partial charge in [0.25, 0.3) is 5.91 Å². The fourth-order valence-corrected chi connectivity index (χ4v) is 2.74. The smallest absolute Gasteiger partial charge is 0.387 e. The largest absolute Gasteiger partial charge is 0.434 e. The number of nitrogens with two attached hydrogens (primary N) is 1. The standard InChI is InChI=1S/C15H20F2N2O2.ClH/c1-9-5-12(6-10(2)13(9)21-15(16)17)14(20)19-4-3-11(7-18)8-19;/h5-6,11,15H,3-4,7-8,18H2,1-2H3;1H. The minimum Gasteiger partial charge on any atom is -0.434 e. The Hall–Kier alpha value is -1.40. The fourth-order valence-electron chi connectivity index (χ4n) is 2.74. The Bertz CT molecular complexity index is 517. The molecule has 4 nitrogen and oxygen atoms in total. The number of benzene rings is 1. The maximum Gasteiger partial charge on any atom is 0.387 e. The number of aryl methyl sites for hydroxylation is 2.